The van der Waals surface area contributed by atoms with E-state index >= 15 is 0 Å². The molecule has 2 heterocycles. The van der Waals surface area contributed by atoms with E-state index in [-0.39, 0.29) is 0 Å². The maximum Gasteiger partial charge on any atom is 0.0796 e. The van der Waals surface area contributed by atoms with Crippen LogP contribution in [0.15, 0.2) is 79.1 Å². The van der Waals surface area contributed by atoms with Crippen molar-refractivity contribution in [1.29, 1.82) is 0 Å². The Balaban J connectivity index is 1.86. The molecule has 0 radical (unpaired) electrons. The Morgan fingerprint density at radius 1 is 0.656 bits per heavy atom. The number of hydrogen-bond acceptors (Lipinski definition) is 2. The summed E-state index contributed by atoms with van der Waals surface area (Å²) in [5.74, 6) is 0. The number of pyridine rings is 2. The normalized spacial score (nSPS) is 11.9. The Hall–Kier alpha value is -3.30. The fraction of sp³-hybridized carbons (Fsp3) is 0.172. The van der Waals surface area contributed by atoms with E-state index in [1.807, 2.05) is 12.4 Å². The summed E-state index contributed by atoms with van der Waals surface area (Å²) in [5.41, 5.74) is 8.26. The number of fused-ring (bicyclic) bond motifs is 3. The fourth-order valence-electron chi connectivity index (χ4n) is 4.77. The zero-order chi connectivity index (χ0) is 22.5. The first-order valence-corrected chi connectivity index (χ1v) is 14.7. The summed E-state index contributed by atoms with van der Waals surface area (Å²) in [6.07, 6.45) is 3.96. The van der Waals surface area contributed by atoms with Crippen molar-refractivity contribution in [2.75, 3.05) is 0 Å². The zero-order valence-corrected chi connectivity index (χ0v) is 20.4. The second-order valence-corrected chi connectivity index (χ2v) is 14.8. The lowest BCUT2D eigenvalue weighted by Crippen LogP contribution is -2.39. The van der Waals surface area contributed by atoms with Crippen LogP contribution in [0.5, 0.6) is 0 Å². The topological polar surface area (TPSA) is 25.8 Å². The molecule has 158 valence electrons. The van der Waals surface area contributed by atoms with Gasteiger partial charge in [-0.15, -0.1) is 0 Å². The molecule has 0 N–H and O–H groups in total. The third-order valence-corrected chi connectivity index (χ3v) is 8.18. The van der Waals surface area contributed by atoms with Crippen LogP contribution in [0.3, 0.4) is 0 Å². The van der Waals surface area contributed by atoms with Crippen molar-refractivity contribution in [2.24, 2.45) is 0 Å². The molecular formula is C29H28N2Si. The van der Waals surface area contributed by atoms with Gasteiger partial charge in [0.1, 0.15) is 0 Å². The van der Waals surface area contributed by atoms with Gasteiger partial charge >= 0.3 is 0 Å². The van der Waals surface area contributed by atoms with Crippen molar-refractivity contribution in [3.63, 3.8) is 0 Å². The van der Waals surface area contributed by atoms with Crippen molar-refractivity contribution in [3.05, 3.63) is 90.3 Å². The van der Waals surface area contributed by atoms with E-state index in [9.17, 15) is 0 Å². The largest absolute Gasteiger partial charge is 0.256 e. The number of benzene rings is 3. The predicted molar refractivity (Wildman–Crippen MR) is 140 cm³/mol. The number of aromatic nitrogens is 2. The molecule has 0 aliphatic rings. The van der Waals surface area contributed by atoms with Crippen LogP contribution in [0, 0.1) is 13.8 Å². The summed E-state index contributed by atoms with van der Waals surface area (Å²) in [5, 5.41) is 4.95. The summed E-state index contributed by atoms with van der Waals surface area (Å²) in [6.45, 7) is 11.5. The van der Waals surface area contributed by atoms with Gasteiger partial charge in [0.05, 0.1) is 19.3 Å². The average Bonchev–Trinajstić information content (AvgIpc) is 2.77. The summed E-state index contributed by atoms with van der Waals surface area (Å²) in [7, 11) is -1.57. The SMILES string of the molecule is Cc1cc(C)cc(-c2nccc3c2cnc2c(-c4ccccc4)c([Si](C)(C)C)ccc23)c1. The Labute approximate surface area is 191 Å². The predicted octanol–water partition coefficient (Wildman–Crippen LogP) is 7.28. The van der Waals surface area contributed by atoms with Gasteiger partial charge in [-0.3, -0.25) is 9.97 Å². The molecule has 0 fully saturated rings. The van der Waals surface area contributed by atoms with Crippen LogP contribution in [0.25, 0.3) is 44.1 Å². The van der Waals surface area contributed by atoms with Gasteiger partial charge < -0.3 is 0 Å². The molecule has 0 unspecified atom stereocenters. The lowest BCUT2D eigenvalue weighted by molar-refractivity contribution is 1.32. The van der Waals surface area contributed by atoms with Gasteiger partial charge in [0.15, 0.2) is 0 Å². The Morgan fingerprint density at radius 3 is 2.06 bits per heavy atom. The molecule has 5 rings (SSSR count). The molecule has 0 saturated heterocycles. The summed E-state index contributed by atoms with van der Waals surface area (Å²) >= 11 is 0. The molecule has 3 aromatic carbocycles. The van der Waals surface area contributed by atoms with Crippen LogP contribution in [-0.2, 0) is 0 Å². The summed E-state index contributed by atoms with van der Waals surface area (Å²) in [4.78, 5) is 9.84. The van der Waals surface area contributed by atoms with Gasteiger partial charge in [0, 0.05) is 34.3 Å². The average molecular weight is 433 g/mol. The zero-order valence-electron chi connectivity index (χ0n) is 19.4. The molecule has 5 aromatic rings. The van der Waals surface area contributed by atoms with E-state index in [0.717, 1.165) is 22.2 Å². The van der Waals surface area contributed by atoms with Gasteiger partial charge in [-0.1, -0.05) is 84.5 Å². The van der Waals surface area contributed by atoms with Crippen LogP contribution in [0.4, 0.5) is 0 Å². The van der Waals surface area contributed by atoms with Crippen LogP contribution >= 0.6 is 0 Å². The van der Waals surface area contributed by atoms with E-state index in [4.69, 9.17) is 9.97 Å². The first kappa shape index (κ1) is 20.6. The van der Waals surface area contributed by atoms with Gasteiger partial charge in [-0.2, -0.15) is 0 Å². The number of nitrogens with zero attached hydrogens (tertiary/aromatic N) is 2. The lowest BCUT2D eigenvalue weighted by atomic mass is 9.96. The molecular weight excluding hydrogens is 404 g/mol. The third-order valence-electron chi connectivity index (χ3n) is 6.15. The van der Waals surface area contributed by atoms with Crippen molar-refractivity contribution in [1.82, 2.24) is 9.97 Å². The number of hydrogen-bond donors (Lipinski definition) is 0. The van der Waals surface area contributed by atoms with Crippen molar-refractivity contribution in [3.8, 4) is 22.4 Å². The summed E-state index contributed by atoms with van der Waals surface area (Å²) < 4.78 is 0. The standard InChI is InChI=1S/C29H28N2Si/c1-19-15-20(2)17-22(16-19)28-25-18-31-29-24(23(25)13-14-30-28)11-12-26(32(3,4)5)27(29)21-9-7-6-8-10-21/h6-18H,1-5H3. The highest BCUT2D eigenvalue weighted by molar-refractivity contribution is 6.90. The maximum absolute atomic E-state index is 5.07. The minimum atomic E-state index is -1.57. The lowest BCUT2D eigenvalue weighted by Gasteiger charge is -2.23. The first-order valence-electron chi connectivity index (χ1n) is 11.2. The maximum atomic E-state index is 5.07. The smallest absolute Gasteiger partial charge is 0.0796 e. The summed E-state index contributed by atoms with van der Waals surface area (Å²) in [6, 6.07) is 24.1. The molecule has 0 aliphatic carbocycles. The molecule has 0 bridgehead atoms. The molecule has 3 heteroatoms. The Kier molecular flexibility index (Phi) is 4.94. The van der Waals surface area contributed by atoms with E-state index in [0.29, 0.717) is 0 Å². The van der Waals surface area contributed by atoms with Crippen molar-refractivity contribution in [2.45, 2.75) is 33.5 Å². The van der Waals surface area contributed by atoms with Crippen LogP contribution in [-0.4, -0.2) is 18.0 Å². The van der Waals surface area contributed by atoms with Crippen LogP contribution in [0.1, 0.15) is 11.1 Å². The highest BCUT2D eigenvalue weighted by Gasteiger charge is 2.24. The Bertz CT molecular complexity index is 1440. The van der Waals surface area contributed by atoms with E-state index in [2.05, 4.69) is 100 Å². The number of rotatable bonds is 3. The molecule has 0 atom stereocenters. The van der Waals surface area contributed by atoms with E-state index < -0.39 is 8.07 Å². The second kappa shape index (κ2) is 7.68. The van der Waals surface area contributed by atoms with Gasteiger partial charge in [-0.25, -0.2) is 0 Å². The minimum absolute atomic E-state index is 0.999. The van der Waals surface area contributed by atoms with Crippen molar-refractivity contribution >= 4 is 34.9 Å². The monoisotopic (exact) mass is 432 g/mol. The van der Waals surface area contributed by atoms with Gasteiger partial charge in [-0.05, 0) is 43.0 Å². The second-order valence-electron chi connectivity index (χ2n) is 9.76. The first-order chi connectivity index (χ1) is 15.3. The molecule has 0 saturated carbocycles. The molecule has 0 aliphatic heterocycles. The minimum Gasteiger partial charge on any atom is -0.256 e. The van der Waals surface area contributed by atoms with E-state index in [1.165, 1.54) is 38.2 Å². The van der Waals surface area contributed by atoms with Crippen molar-refractivity contribution < 1.29 is 0 Å². The van der Waals surface area contributed by atoms with Gasteiger partial charge in [0.2, 0.25) is 0 Å². The quantitative estimate of drug-likeness (QED) is 0.221. The molecule has 0 amide bonds. The molecule has 32 heavy (non-hydrogen) atoms. The molecule has 2 aromatic heterocycles. The number of aryl methyl sites for hydroxylation is 2. The van der Waals surface area contributed by atoms with Crippen LogP contribution in [0.2, 0.25) is 19.6 Å². The molecule has 2 nitrogen and oxygen atoms in total. The highest BCUT2D eigenvalue weighted by Crippen LogP contribution is 2.35. The highest BCUT2D eigenvalue weighted by atomic mass is 28.3. The van der Waals surface area contributed by atoms with Gasteiger partial charge in [0.25, 0.3) is 0 Å². The fourth-order valence-corrected chi connectivity index (χ4v) is 6.37. The van der Waals surface area contributed by atoms with Crippen LogP contribution < -0.4 is 5.19 Å². The third kappa shape index (κ3) is 3.53. The van der Waals surface area contributed by atoms with E-state index in [1.54, 1.807) is 0 Å². The Morgan fingerprint density at radius 2 is 1.38 bits per heavy atom. The molecule has 0 spiro atoms.